The molecule has 4 heterocycles. The van der Waals surface area contributed by atoms with Gasteiger partial charge < -0.3 is 15.6 Å². The number of aromatic nitrogens is 4. The van der Waals surface area contributed by atoms with Crippen LogP contribution in [0.2, 0.25) is 5.02 Å². The second-order valence-corrected chi connectivity index (χ2v) is 9.74. The summed E-state index contributed by atoms with van der Waals surface area (Å²) in [4.78, 5) is 32.8. The fourth-order valence-electron chi connectivity index (χ4n) is 4.05. The van der Waals surface area contributed by atoms with Crippen LogP contribution in [0, 0.1) is 12.7 Å². The van der Waals surface area contributed by atoms with E-state index in [1.165, 1.54) is 29.8 Å². The van der Waals surface area contributed by atoms with Gasteiger partial charge in [0, 0.05) is 37.6 Å². The molecule has 5 rings (SSSR count). The second kappa shape index (κ2) is 9.65. The van der Waals surface area contributed by atoms with E-state index in [1.807, 2.05) is 13.1 Å². The quantitative estimate of drug-likeness (QED) is 0.357. The number of carbonyl (C=O) groups is 1. The lowest BCUT2D eigenvalue weighted by Gasteiger charge is -2.31. The van der Waals surface area contributed by atoms with Gasteiger partial charge in [0.15, 0.2) is 0 Å². The van der Waals surface area contributed by atoms with Crippen LogP contribution < -0.4 is 10.6 Å². The standard InChI is InChI=1S/C23H23ClFN7OS/c1-13-26-10-16(29-13)11-32-6-4-14(5-7-32)31-22(33)20-9-17-21(27-12-28-23(17)34-20)30-15-2-3-19(25)18(24)8-15/h2-3,8-10,12,14H,4-7,11H2,1H3,(H,26,29)(H,31,33)(H,27,28,30). The van der Waals surface area contributed by atoms with Crippen molar-refractivity contribution in [3.05, 3.63) is 64.0 Å². The van der Waals surface area contributed by atoms with Gasteiger partial charge in [-0.15, -0.1) is 11.3 Å². The molecule has 0 atom stereocenters. The highest BCUT2D eigenvalue weighted by Gasteiger charge is 2.23. The van der Waals surface area contributed by atoms with Crippen molar-refractivity contribution in [1.29, 1.82) is 0 Å². The lowest BCUT2D eigenvalue weighted by molar-refractivity contribution is 0.0912. The Morgan fingerprint density at radius 2 is 2.12 bits per heavy atom. The number of anilines is 2. The minimum atomic E-state index is -0.489. The van der Waals surface area contributed by atoms with Gasteiger partial charge in [-0.2, -0.15) is 0 Å². The lowest BCUT2D eigenvalue weighted by Crippen LogP contribution is -2.44. The van der Waals surface area contributed by atoms with Crippen LogP contribution in [-0.4, -0.2) is 49.9 Å². The number of aromatic amines is 1. The van der Waals surface area contributed by atoms with Gasteiger partial charge in [-0.1, -0.05) is 11.6 Å². The monoisotopic (exact) mass is 499 g/mol. The topological polar surface area (TPSA) is 98.8 Å². The number of hydrogen-bond acceptors (Lipinski definition) is 7. The molecule has 11 heteroatoms. The maximum Gasteiger partial charge on any atom is 0.261 e. The van der Waals surface area contributed by atoms with Gasteiger partial charge in [-0.3, -0.25) is 9.69 Å². The van der Waals surface area contributed by atoms with Gasteiger partial charge in [0.05, 0.1) is 21.0 Å². The third-order valence-corrected chi connectivity index (χ3v) is 7.13. The Balaban J connectivity index is 1.22. The van der Waals surface area contributed by atoms with E-state index in [-0.39, 0.29) is 17.0 Å². The van der Waals surface area contributed by atoms with E-state index in [2.05, 4.69) is 35.5 Å². The predicted molar refractivity (Wildman–Crippen MR) is 131 cm³/mol. The second-order valence-electron chi connectivity index (χ2n) is 8.31. The fraction of sp³-hybridized carbons (Fsp3) is 0.304. The number of piperidine rings is 1. The van der Waals surface area contributed by atoms with E-state index < -0.39 is 5.82 Å². The summed E-state index contributed by atoms with van der Waals surface area (Å²) in [6.45, 7) is 4.57. The molecular weight excluding hydrogens is 477 g/mol. The molecule has 1 fully saturated rings. The van der Waals surface area contributed by atoms with Crippen molar-refractivity contribution in [3.63, 3.8) is 0 Å². The van der Waals surface area contributed by atoms with Crippen molar-refractivity contribution in [2.24, 2.45) is 0 Å². The smallest absolute Gasteiger partial charge is 0.261 e. The number of benzene rings is 1. The molecule has 1 saturated heterocycles. The molecule has 3 N–H and O–H groups in total. The largest absolute Gasteiger partial charge is 0.349 e. The summed E-state index contributed by atoms with van der Waals surface area (Å²) in [5.74, 6) is 0.853. The molecule has 0 saturated carbocycles. The van der Waals surface area contributed by atoms with Crippen molar-refractivity contribution in [3.8, 4) is 0 Å². The van der Waals surface area contributed by atoms with E-state index in [0.29, 0.717) is 21.2 Å². The van der Waals surface area contributed by atoms with Crippen LogP contribution in [0.1, 0.15) is 34.0 Å². The highest BCUT2D eigenvalue weighted by atomic mass is 35.5. The first-order valence-corrected chi connectivity index (χ1v) is 12.1. The number of hydrogen-bond donors (Lipinski definition) is 3. The van der Waals surface area contributed by atoms with Crippen LogP contribution in [0.25, 0.3) is 10.2 Å². The van der Waals surface area contributed by atoms with Gasteiger partial charge >= 0.3 is 0 Å². The summed E-state index contributed by atoms with van der Waals surface area (Å²) in [6, 6.07) is 6.27. The minimum absolute atomic E-state index is 0.0196. The zero-order valence-corrected chi connectivity index (χ0v) is 20.0. The summed E-state index contributed by atoms with van der Waals surface area (Å²) >= 11 is 7.20. The van der Waals surface area contributed by atoms with Gasteiger partial charge in [0.1, 0.15) is 28.6 Å². The molecule has 3 aromatic heterocycles. The summed E-state index contributed by atoms with van der Waals surface area (Å²) in [6.07, 6.45) is 5.15. The number of halogens is 2. The molecule has 1 aromatic carbocycles. The molecular formula is C23H23ClFN7OS. The van der Waals surface area contributed by atoms with Crippen LogP contribution in [0.3, 0.4) is 0 Å². The Bertz CT molecular complexity index is 1330. The average Bonchev–Trinajstić information content (AvgIpc) is 3.44. The molecule has 1 aliphatic rings. The number of imidazole rings is 1. The highest BCUT2D eigenvalue weighted by molar-refractivity contribution is 7.20. The summed E-state index contributed by atoms with van der Waals surface area (Å²) < 4.78 is 13.5. The average molecular weight is 500 g/mol. The molecule has 1 amide bonds. The molecule has 0 bridgehead atoms. The number of likely N-dealkylation sites (tertiary alicyclic amines) is 1. The van der Waals surface area contributed by atoms with Crippen LogP contribution in [0.15, 0.2) is 36.8 Å². The number of fused-ring (bicyclic) bond motifs is 1. The van der Waals surface area contributed by atoms with Crippen molar-refractivity contribution in [2.45, 2.75) is 32.4 Å². The Morgan fingerprint density at radius 3 is 2.85 bits per heavy atom. The number of rotatable bonds is 6. The molecule has 1 aliphatic heterocycles. The predicted octanol–water partition coefficient (Wildman–Crippen LogP) is 4.65. The van der Waals surface area contributed by atoms with Crippen molar-refractivity contribution >= 4 is 50.6 Å². The third-order valence-electron chi connectivity index (χ3n) is 5.80. The molecule has 34 heavy (non-hydrogen) atoms. The van der Waals surface area contributed by atoms with Crippen molar-refractivity contribution in [1.82, 2.24) is 30.2 Å². The number of amides is 1. The Labute approximate surface area is 204 Å². The van der Waals surface area contributed by atoms with E-state index in [4.69, 9.17) is 11.6 Å². The maximum absolute atomic E-state index is 13.5. The minimum Gasteiger partial charge on any atom is -0.349 e. The van der Waals surface area contributed by atoms with Crippen molar-refractivity contribution in [2.75, 3.05) is 18.4 Å². The third kappa shape index (κ3) is 5.03. The number of carbonyl (C=O) groups excluding carboxylic acids is 1. The maximum atomic E-state index is 13.5. The first-order valence-electron chi connectivity index (χ1n) is 11.0. The first kappa shape index (κ1) is 22.7. The van der Waals surface area contributed by atoms with Gasteiger partial charge in [0.25, 0.3) is 5.91 Å². The SMILES string of the molecule is Cc1nc(CN2CCC(NC(=O)c3cc4c(Nc5ccc(F)c(Cl)c5)ncnc4s3)CC2)c[nH]1. The van der Waals surface area contributed by atoms with Crippen LogP contribution in [0.4, 0.5) is 15.9 Å². The zero-order valence-electron chi connectivity index (χ0n) is 18.4. The normalized spacial score (nSPS) is 15.0. The van der Waals surface area contributed by atoms with Gasteiger partial charge in [0.2, 0.25) is 0 Å². The number of H-pyrrole nitrogens is 1. The van der Waals surface area contributed by atoms with Crippen LogP contribution >= 0.6 is 22.9 Å². The number of aryl methyl sites for hydroxylation is 1. The van der Waals surface area contributed by atoms with Crippen LogP contribution in [-0.2, 0) is 6.54 Å². The molecule has 0 unspecified atom stereocenters. The molecule has 4 aromatic rings. The Kier molecular flexibility index (Phi) is 6.44. The summed E-state index contributed by atoms with van der Waals surface area (Å²) in [5, 5.41) is 7.04. The fourth-order valence-corrected chi connectivity index (χ4v) is 5.13. The number of nitrogens with one attached hydrogen (secondary N) is 3. The Hall–Kier alpha value is -3.08. The first-order chi connectivity index (χ1) is 16.4. The summed E-state index contributed by atoms with van der Waals surface area (Å²) in [7, 11) is 0. The molecule has 0 aliphatic carbocycles. The molecule has 0 spiro atoms. The highest BCUT2D eigenvalue weighted by Crippen LogP contribution is 2.31. The van der Waals surface area contributed by atoms with E-state index in [1.54, 1.807) is 12.1 Å². The number of nitrogens with zero attached hydrogens (tertiary/aromatic N) is 4. The molecule has 0 radical (unpaired) electrons. The van der Waals surface area contributed by atoms with E-state index >= 15 is 0 Å². The van der Waals surface area contributed by atoms with Crippen LogP contribution in [0.5, 0.6) is 0 Å². The summed E-state index contributed by atoms with van der Waals surface area (Å²) in [5.41, 5.74) is 1.64. The van der Waals surface area contributed by atoms with Crippen molar-refractivity contribution < 1.29 is 9.18 Å². The molecule has 176 valence electrons. The lowest BCUT2D eigenvalue weighted by atomic mass is 10.0. The van der Waals surface area contributed by atoms with Gasteiger partial charge in [-0.05, 0) is 44.0 Å². The Morgan fingerprint density at radius 1 is 1.29 bits per heavy atom. The molecule has 8 nitrogen and oxygen atoms in total. The van der Waals surface area contributed by atoms with Gasteiger partial charge in [-0.25, -0.2) is 19.3 Å². The van der Waals surface area contributed by atoms with E-state index in [9.17, 15) is 9.18 Å². The zero-order chi connectivity index (χ0) is 23.7. The number of thiophene rings is 1. The van der Waals surface area contributed by atoms with E-state index in [0.717, 1.165) is 49.4 Å².